The molecule has 1 atom stereocenters. The molecule has 0 aliphatic rings. The number of nitrogens with two attached hydrogens (primary N) is 1. The van der Waals surface area contributed by atoms with E-state index in [1.54, 1.807) is 0 Å². The molecule has 0 aromatic rings. The summed E-state index contributed by atoms with van der Waals surface area (Å²) >= 11 is 0. The summed E-state index contributed by atoms with van der Waals surface area (Å²) in [5.74, 6) is -0.902. The Morgan fingerprint density at radius 2 is 1.38 bits per heavy atom. The lowest BCUT2D eigenvalue weighted by atomic mass is 10.1. The van der Waals surface area contributed by atoms with Gasteiger partial charge in [0, 0.05) is 13.0 Å². The van der Waals surface area contributed by atoms with Gasteiger partial charge in [-0.2, -0.15) is 0 Å². The first-order valence-electron chi connectivity index (χ1n) is 12.0. The summed E-state index contributed by atoms with van der Waals surface area (Å²) in [5.41, 5.74) is 5.43. The van der Waals surface area contributed by atoms with Crippen LogP contribution in [0.1, 0.15) is 116 Å². The molecule has 1 amide bonds. The first-order valence-corrected chi connectivity index (χ1v) is 12.0. The van der Waals surface area contributed by atoms with Crippen LogP contribution in [0.25, 0.3) is 0 Å². The van der Waals surface area contributed by atoms with Crippen molar-refractivity contribution in [2.75, 3.05) is 6.54 Å². The van der Waals surface area contributed by atoms with E-state index in [1.165, 1.54) is 70.6 Å². The minimum absolute atomic E-state index is 0.0619. The molecular weight excluding hydrogens is 364 g/mol. The van der Waals surface area contributed by atoms with Crippen LogP contribution in [0.3, 0.4) is 0 Å². The van der Waals surface area contributed by atoms with Crippen LogP contribution in [0.2, 0.25) is 0 Å². The number of nitrogens with one attached hydrogen (secondary N) is 1. The van der Waals surface area contributed by atoms with E-state index in [0.29, 0.717) is 25.8 Å². The van der Waals surface area contributed by atoms with Gasteiger partial charge in [-0.25, -0.2) is 0 Å². The Morgan fingerprint density at radius 1 is 0.828 bits per heavy atom. The number of carbonyl (C=O) groups is 2. The standard InChI is InChI=1S/C24H46N2O3/c1-2-3-4-5-6-7-8-9-10-11-12-13-14-15-16-20-23(27)26-21-18-17-19-22(25)24(28)29/h14-15,22H,2-13,16-21,25H2,1H3,(H,26,27)(H,28,29)/b15-14+/t22-/m0/s1. The van der Waals surface area contributed by atoms with E-state index < -0.39 is 12.0 Å². The predicted octanol–water partition coefficient (Wildman–Crippen LogP) is 5.72. The lowest BCUT2D eigenvalue weighted by Gasteiger charge is -2.06. The molecule has 170 valence electrons. The highest BCUT2D eigenvalue weighted by atomic mass is 16.4. The highest BCUT2D eigenvalue weighted by Gasteiger charge is 2.10. The molecule has 0 fully saturated rings. The maximum Gasteiger partial charge on any atom is 0.320 e. The van der Waals surface area contributed by atoms with Crippen LogP contribution >= 0.6 is 0 Å². The molecule has 29 heavy (non-hydrogen) atoms. The Kier molecular flexibility index (Phi) is 20.3. The van der Waals surface area contributed by atoms with E-state index in [9.17, 15) is 9.59 Å². The highest BCUT2D eigenvalue weighted by molar-refractivity contribution is 5.75. The molecule has 0 heterocycles. The number of aliphatic carboxylic acids is 1. The smallest absolute Gasteiger partial charge is 0.320 e. The van der Waals surface area contributed by atoms with Crippen molar-refractivity contribution in [3.8, 4) is 0 Å². The lowest BCUT2D eigenvalue weighted by Crippen LogP contribution is -2.30. The average molecular weight is 411 g/mol. The Morgan fingerprint density at radius 3 is 1.97 bits per heavy atom. The summed E-state index contributed by atoms with van der Waals surface area (Å²) in [5, 5.41) is 11.6. The monoisotopic (exact) mass is 410 g/mol. The van der Waals surface area contributed by atoms with Crippen molar-refractivity contribution < 1.29 is 14.7 Å². The third-order valence-electron chi connectivity index (χ3n) is 5.26. The quantitative estimate of drug-likeness (QED) is 0.167. The van der Waals surface area contributed by atoms with Crippen LogP contribution < -0.4 is 11.1 Å². The number of allylic oxidation sites excluding steroid dienone is 2. The lowest BCUT2D eigenvalue weighted by molar-refractivity contribution is -0.138. The van der Waals surface area contributed by atoms with Crippen molar-refractivity contribution in [2.45, 2.75) is 122 Å². The van der Waals surface area contributed by atoms with Gasteiger partial charge in [-0.1, -0.05) is 83.3 Å². The van der Waals surface area contributed by atoms with Crippen molar-refractivity contribution >= 4 is 11.9 Å². The van der Waals surface area contributed by atoms with Crippen molar-refractivity contribution in [2.24, 2.45) is 5.73 Å². The summed E-state index contributed by atoms with van der Waals surface area (Å²) in [6.45, 7) is 2.86. The van der Waals surface area contributed by atoms with Gasteiger partial charge in [0.05, 0.1) is 0 Å². The van der Waals surface area contributed by atoms with Crippen molar-refractivity contribution in [3.63, 3.8) is 0 Å². The zero-order valence-electron chi connectivity index (χ0n) is 18.8. The maximum absolute atomic E-state index is 11.7. The molecule has 0 saturated heterocycles. The van der Waals surface area contributed by atoms with Crippen molar-refractivity contribution in [1.82, 2.24) is 5.32 Å². The SMILES string of the molecule is CCCCCCCCCCCCC/C=C/CCC(=O)NCCCC[C@H](N)C(=O)O. The Hall–Kier alpha value is -1.36. The molecule has 0 aliphatic heterocycles. The van der Waals surface area contributed by atoms with E-state index >= 15 is 0 Å². The number of amides is 1. The van der Waals surface area contributed by atoms with Crippen LogP contribution in [0.5, 0.6) is 0 Å². The van der Waals surface area contributed by atoms with Crippen LogP contribution in [0, 0.1) is 0 Å². The molecule has 0 aromatic heterocycles. The van der Waals surface area contributed by atoms with Gasteiger partial charge in [-0.3, -0.25) is 9.59 Å². The minimum Gasteiger partial charge on any atom is -0.480 e. The molecule has 0 unspecified atom stereocenters. The van der Waals surface area contributed by atoms with Gasteiger partial charge in [-0.05, 0) is 38.5 Å². The third kappa shape index (κ3) is 21.2. The van der Waals surface area contributed by atoms with Gasteiger partial charge in [0.1, 0.15) is 6.04 Å². The van der Waals surface area contributed by atoms with E-state index in [4.69, 9.17) is 10.8 Å². The number of rotatable bonds is 21. The second-order valence-corrected chi connectivity index (χ2v) is 8.12. The topological polar surface area (TPSA) is 92.4 Å². The van der Waals surface area contributed by atoms with Gasteiger partial charge in [0.15, 0.2) is 0 Å². The van der Waals surface area contributed by atoms with E-state index in [-0.39, 0.29) is 5.91 Å². The number of carbonyl (C=O) groups excluding carboxylic acids is 1. The van der Waals surface area contributed by atoms with Crippen LogP contribution in [-0.2, 0) is 9.59 Å². The van der Waals surface area contributed by atoms with Crippen LogP contribution in [-0.4, -0.2) is 29.6 Å². The number of carboxylic acid groups (broad SMARTS) is 1. The zero-order valence-corrected chi connectivity index (χ0v) is 18.8. The summed E-state index contributed by atoms with van der Waals surface area (Å²) in [4.78, 5) is 22.3. The van der Waals surface area contributed by atoms with Crippen molar-refractivity contribution in [3.05, 3.63) is 12.2 Å². The first-order chi connectivity index (χ1) is 14.1. The molecule has 5 nitrogen and oxygen atoms in total. The molecule has 0 aliphatic carbocycles. The highest BCUT2D eigenvalue weighted by Crippen LogP contribution is 2.12. The average Bonchev–Trinajstić information content (AvgIpc) is 2.70. The minimum atomic E-state index is -0.964. The number of hydrogen-bond acceptors (Lipinski definition) is 3. The summed E-state index contributed by atoms with van der Waals surface area (Å²) in [6.07, 6.45) is 23.7. The van der Waals surface area contributed by atoms with Gasteiger partial charge in [0.2, 0.25) is 5.91 Å². The molecule has 0 saturated carbocycles. The van der Waals surface area contributed by atoms with Gasteiger partial charge < -0.3 is 16.2 Å². The fourth-order valence-corrected chi connectivity index (χ4v) is 3.31. The molecular formula is C24H46N2O3. The van der Waals surface area contributed by atoms with E-state index in [0.717, 1.165) is 19.3 Å². The molecule has 5 heteroatoms. The molecule has 0 bridgehead atoms. The molecule has 0 radical (unpaired) electrons. The van der Waals surface area contributed by atoms with E-state index in [1.807, 2.05) is 0 Å². The predicted molar refractivity (Wildman–Crippen MR) is 122 cm³/mol. The Balaban J connectivity index is 3.30. The van der Waals surface area contributed by atoms with Gasteiger partial charge in [-0.15, -0.1) is 0 Å². The van der Waals surface area contributed by atoms with Crippen molar-refractivity contribution in [1.29, 1.82) is 0 Å². The number of carboxylic acids is 1. The Labute approximate surface area is 178 Å². The molecule has 4 N–H and O–H groups in total. The first kappa shape index (κ1) is 27.6. The van der Waals surface area contributed by atoms with E-state index in [2.05, 4.69) is 24.4 Å². The molecule has 0 spiro atoms. The number of unbranched alkanes of at least 4 members (excludes halogenated alkanes) is 12. The normalized spacial score (nSPS) is 12.3. The molecule has 0 rings (SSSR count). The zero-order chi connectivity index (χ0) is 21.6. The van der Waals surface area contributed by atoms with Crippen LogP contribution in [0.4, 0.5) is 0 Å². The van der Waals surface area contributed by atoms with Gasteiger partial charge in [0.25, 0.3) is 0 Å². The third-order valence-corrected chi connectivity index (χ3v) is 5.26. The maximum atomic E-state index is 11.7. The molecule has 0 aromatic carbocycles. The summed E-state index contributed by atoms with van der Waals surface area (Å²) in [7, 11) is 0. The summed E-state index contributed by atoms with van der Waals surface area (Å²) < 4.78 is 0. The second-order valence-electron chi connectivity index (χ2n) is 8.12. The number of hydrogen-bond donors (Lipinski definition) is 3. The fraction of sp³-hybridized carbons (Fsp3) is 0.833. The largest absolute Gasteiger partial charge is 0.480 e. The van der Waals surface area contributed by atoms with Crippen LogP contribution in [0.15, 0.2) is 12.2 Å². The second kappa shape index (κ2) is 21.4. The fourth-order valence-electron chi connectivity index (χ4n) is 3.31. The summed E-state index contributed by atoms with van der Waals surface area (Å²) in [6, 6.07) is -0.795. The van der Waals surface area contributed by atoms with Gasteiger partial charge >= 0.3 is 5.97 Å². The Bertz CT molecular complexity index is 424.